The molecule has 1 N–H and O–H groups in total. The highest BCUT2D eigenvalue weighted by Gasteiger charge is 2.10. The smallest absolute Gasteiger partial charge is 0.248 e. The molecule has 4 nitrogen and oxygen atoms in total. The van der Waals surface area contributed by atoms with Crippen LogP contribution >= 0.6 is 11.6 Å². The van der Waals surface area contributed by atoms with E-state index in [2.05, 4.69) is 22.4 Å². The van der Waals surface area contributed by atoms with Crippen LogP contribution in [0.5, 0.6) is 0 Å². The zero-order valence-corrected chi connectivity index (χ0v) is 11.3. The third kappa shape index (κ3) is 3.09. The molecule has 0 radical (unpaired) electrons. The Hall–Kier alpha value is -1.39. The number of nitrogens with zero attached hydrogens (tertiary/aromatic N) is 2. The van der Waals surface area contributed by atoms with Gasteiger partial charge in [-0.25, -0.2) is 0 Å². The van der Waals surface area contributed by atoms with Crippen molar-refractivity contribution in [1.29, 1.82) is 0 Å². The van der Waals surface area contributed by atoms with Crippen molar-refractivity contribution in [2.75, 3.05) is 6.54 Å². The zero-order chi connectivity index (χ0) is 13.0. The number of hydrogen-bond acceptors (Lipinski definition) is 4. The van der Waals surface area contributed by atoms with Crippen LogP contribution in [-0.2, 0) is 6.54 Å². The number of halogens is 1. The largest absolute Gasteiger partial charge is 0.419 e. The van der Waals surface area contributed by atoms with E-state index in [4.69, 9.17) is 16.0 Å². The standard InChI is InChI=1S/C13H16ClN3O/c1-3-6-15-8-12-16-17-13(18-12)11-5-4-10(14)7-9(11)2/h4-5,7,15H,3,6,8H2,1-2H3. The molecule has 0 saturated carbocycles. The van der Waals surface area contributed by atoms with Gasteiger partial charge in [-0.1, -0.05) is 18.5 Å². The molecule has 2 rings (SSSR count). The van der Waals surface area contributed by atoms with Crippen molar-refractivity contribution in [3.63, 3.8) is 0 Å². The van der Waals surface area contributed by atoms with E-state index in [9.17, 15) is 0 Å². The fourth-order valence-corrected chi connectivity index (χ4v) is 1.90. The van der Waals surface area contributed by atoms with Crippen LogP contribution in [0, 0.1) is 6.92 Å². The minimum Gasteiger partial charge on any atom is -0.419 e. The zero-order valence-electron chi connectivity index (χ0n) is 10.5. The topological polar surface area (TPSA) is 51.0 Å². The van der Waals surface area contributed by atoms with Gasteiger partial charge in [-0.2, -0.15) is 0 Å². The molecule has 0 amide bonds. The van der Waals surface area contributed by atoms with Crippen LogP contribution in [0.25, 0.3) is 11.5 Å². The molecule has 0 atom stereocenters. The SMILES string of the molecule is CCCNCc1nnc(-c2ccc(Cl)cc2C)o1. The van der Waals surface area contributed by atoms with Crippen molar-refractivity contribution >= 4 is 11.6 Å². The van der Waals surface area contributed by atoms with Gasteiger partial charge in [0.15, 0.2) is 0 Å². The molecular formula is C13H16ClN3O. The van der Waals surface area contributed by atoms with Gasteiger partial charge in [0.2, 0.25) is 11.8 Å². The second-order valence-corrected chi connectivity index (χ2v) is 4.57. The second kappa shape index (κ2) is 5.98. The molecule has 0 spiro atoms. The van der Waals surface area contributed by atoms with Gasteiger partial charge >= 0.3 is 0 Å². The van der Waals surface area contributed by atoms with Gasteiger partial charge in [-0.15, -0.1) is 10.2 Å². The van der Waals surface area contributed by atoms with Gasteiger partial charge in [-0.3, -0.25) is 0 Å². The van der Waals surface area contributed by atoms with Gasteiger partial charge in [0.25, 0.3) is 0 Å². The van der Waals surface area contributed by atoms with Crippen LogP contribution in [-0.4, -0.2) is 16.7 Å². The molecule has 0 aliphatic carbocycles. The lowest BCUT2D eigenvalue weighted by atomic mass is 10.1. The maximum absolute atomic E-state index is 5.92. The van der Waals surface area contributed by atoms with Crippen LogP contribution in [0.1, 0.15) is 24.8 Å². The fraction of sp³-hybridized carbons (Fsp3) is 0.385. The predicted octanol–water partition coefficient (Wildman–Crippen LogP) is 3.20. The van der Waals surface area contributed by atoms with Crippen molar-refractivity contribution in [1.82, 2.24) is 15.5 Å². The highest BCUT2D eigenvalue weighted by Crippen LogP contribution is 2.24. The number of aryl methyl sites for hydroxylation is 1. The highest BCUT2D eigenvalue weighted by molar-refractivity contribution is 6.30. The summed E-state index contributed by atoms with van der Waals surface area (Å²) in [6.45, 7) is 5.63. The molecule has 96 valence electrons. The molecule has 0 aliphatic rings. The lowest BCUT2D eigenvalue weighted by Gasteiger charge is -2.01. The van der Waals surface area contributed by atoms with Gasteiger partial charge in [0, 0.05) is 10.6 Å². The van der Waals surface area contributed by atoms with Crippen LogP contribution in [0.3, 0.4) is 0 Å². The Kier molecular flexibility index (Phi) is 4.33. The second-order valence-electron chi connectivity index (χ2n) is 4.14. The monoisotopic (exact) mass is 265 g/mol. The highest BCUT2D eigenvalue weighted by atomic mass is 35.5. The Balaban J connectivity index is 2.13. The number of hydrogen-bond donors (Lipinski definition) is 1. The first-order chi connectivity index (χ1) is 8.70. The lowest BCUT2D eigenvalue weighted by molar-refractivity contribution is 0.477. The summed E-state index contributed by atoms with van der Waals surface area (Å²) in [4.78, 5) is 0. The summed E-state index contributed by atoms with van der Waals surface area (Å²) in [5, 5.41) is 12.0. The minimum atomic E-state index is 0.539. The van der Waals surface area contributed by atoms with Crippen molar-refractivity contribution in [3.05, 3.63) is 34.7 Å². The van der Waals surface area contributed by atoms with E-state index < -0.39 is 0 Å². The average molecular weight is 266 g/mol. The number of aromatic nitrogens is 2. The van der Waals surface area contributed by atoms with E-state index in [1.165, 1.54) is 0 Å². The Morgan fingerprint density at radius 1 is 1.33 bits per heavy atom. The molecular weight excluding hydrogens is 250 g/mol. The number of benzene rings is 1. The van der Waals surface area contributed by atoms with Crippen LogP contribution in [0.15, 0.2) is 22.6 Å². The van der Waals surface area contributed by atoms with Crippen LogP contribution < -0.4 is 5.32 Å². The van der Waals surface area contributed by atoms with Crippen LogP contribution in [0.4, 0.5) is 0 Å². The van der Waals surface area contributed by atoms with Crippen LogP contribution in [0.2, 0.25) is 5.02 Å². The molecule has 1 aromatic heterocycles. The van der Waals surface area contributed by atoms with Crippen molar-refractivity contribution in [3.8, 4) is 11.5 Å². The Morgan fingerprint density at radius 2 is 2.17 bits per heavy atom. The van der Waals surface area contributed by atoms with Gasteiger partial charge in [0.05, 0.1) is 6.54 Å². The average Bonchev–Trinajstić information content (AvgIpc) is 2.78. The minimum absolute atomic E-state index is 0.539. The molecule has 0 bridgehead atoms. The Morgan fingerprint density at radius 3 is 2.89 bits per heavy atom. The molecule has 1 aromatic carbocycles. The van der Waals surface area contributed by atoms with Crippen molar-refractivity contribution < 1.29 is 4.42 Å². The number of nitrogens with one attached hydrogen (secondary N) is 1. The summed E-state index contributed by atoms with van der Waals surface area (Å²) in [5.41, 5.74) is 1.95. The van der Waals surface area contributed by atoms with E-state index in [1.54, 1.807) is 0 Å². The quantitative estimate of drug-likeness (QED) is 0.844. The fourth-order valence-electron chi connectivity index (χ4n) is 1.67. The first-order valence-corrected chi connectivity index (χ1v) is 6.38. The number of rotatable bonds is 5. The summed E-state index contributed by atoms with van der Waals surface area (Å²) in [6.07, 6.45) is 1.08. The molecule has 0 aliphatic heterocycles. The van der Waals surface area contributed by atoms with Crippen molar-refractivity contribution in [2.45, 2.75) is 26.8 Å². The summed E-state index contributed by atoms with van der Waals surface area (Å²) in [7, 11) is 0. The Bertz CT molecular complexity index is 525. The van der Waals surface area contributed by atoms with E-state index in [0.717, 1.165) is 24.1 Å². The maximum atomic E-state index is 5.92. The third-order valence-corrected chi connectivity index (χ3v) is 2.82. The molecule has 0 unspecified atom stereocenters. The van der Waals surface area contributed by atoms with Gasteiger partial charge < -0.3 is 9.73 Å². The summed E-state index contributed by atoms with van der Waals surface area (Å²) >= 11 is 5.92. The molecule has 1 heterocycles. The summed E-state index contributed by atoms with van der Waals surface area (Å²) in [6, 6.07) is 5.60. The van der Waals surface area contributed by atoms with Gasteiger partial charge in [-0.05, 0) is 43.7 Å². The molecule has 0 saturated heterocycles. The van der Waals surface area contributed by atoms with E-state index >= 15 is 0 Å². The summed E-state index contributed by atoms with van der Waals surface area (Å²) in [5.74, 6) is 1.14. The van der Waals surface area contributed by atoms with E-state index in [-0.39, 0.29) is 0 Å². The first-order valence-electron chi connectivity index (χ1n) is 6.00. The summed E-state index contributed by atoms with van der Waals surface area (Å²) < 4.78 is 5.61. The van der Waals surface area contributed by atoms with Crippen molar-refractivity contribution in [2.24, 2.45) is 0 Å². The lowest BCUT2D eigenvalue weighted by Crippen LogP contribution is -2.13. The molecule has 0 fully saturated rings. The molecule has 5 heteroatoms. The predicted molar refractivity (Wildman–Crippen MR) is 71.5 cm³/mol. The normalized spacial score (nSPS) is 10.8. The third-order valence-electron chi connectivity index (χ3n) is 2.59. The van der Waals surface area contributed by atoms with E-state index in [0.29, 0.717) is 23.3 Å². The van der Waals surface area contributed by atoms with E-state index in [1.807, 2.05) is 25.1 Å². The maximum Gasteiger partial charge on any atom is 0.248 e. The Labute approximate surface area is 111 Å². The molecule has 2 aromatic rings. The van der Waals surface area contributed by atoms with Gasteiger partial charge in [0.1, 0.15) is 0 Å². The molecule has 18 heavy (non-hydrogen) atoms. The first kappa shape index (κ1) is 13.1.